The molecule has 1 atom stereocenters. The summed E-state index contributed by atoms with van der Waals surface area (Å²) in [6, 6.07) is 8.11. The Morgan fingerprint density at radius 3 is 2.74 bits per heavy atom. The fourth-order valence-electron chi connectivity index (χ4n) is 3.79. The van der Waals surface area contributed by atoms with E-state index in [-0.39, 0.29) is 0 Å². The molecule has 146 valence electrons. The van der Waals surface area contributed by atoms with Crippen molar-refractivity contribution in [3.05, 3.63) is 24.3 Å². The van der Waals surface area contributed by atoms with Gasteiger partial charge in [-0.15, -0.1) is 10.2 Å². The molecule has 0 radical (unpaired) electrons. The van der Waals surface area contributed by atoms with E-state index in [0.29, 0.717) is 6.10 Å². The average molecular weight is 389 g/mol. The van der Waals surface area contributed by atoms with Gasteiger partial charge in [0.2, 0.25) is 5.95 Å². The van der Waals surface area contributed by atoms with Gasteiger partial charge in [-0.05, 0) is 50.7 Å². The highest BCUT2D eigenvalue weighted by atomic mass is 32.2. The van der Waals surface area contributed by atoms with Gasteiger partial charge in [0, 0.05) is 25.4 Å². The van der Waals surface area contributed by atoms with E-state index in [1.165, 1.54) is 32.1 Å². The number of hydrogen-bond donors (Lipinski definition) is 0. The molecule has 0 unspecified atom stereocenters. The van der Waals surface area contributed by atoms with E-state index in [4.69, 9.17) is 9.47 Å². The molecule has 0 bridgehead atoms. The highest BCUT2D eigenvalue weighted by Crippen LogP contribution is 2.33. The van der Waals surface area contributed by atoms with Crippen LogP contribution in [0, 0.1) is 0 Å². The maximum atomic E-state index is 5.90. The Morgan fingerprint density at radius 1 is 1.11 bits per heavy atom. The minimum absolute atomic E-state index is 0.310. The Bertz CT molecular complexity index is 739. The normalized spacial score (nSPS) is 20.6. The molecular formula is C20H28N4O2S. The molecule has 2 aliphatic rings. The maximum Gasteiger partial charge on any atom is 0.232 e. The van der Waals surface area contributed by atoms with Gasteiger partial charge in [-0.2, -0.15) is 0 Å². The van der Waals surface area contributed by atoms with Crippen LogP contribution < -0.4 is 9.64 Å². The number of methoxy groups -OCH3 is 1. The zero-order valence-electron chi connectivity index (χ0n) is 16.0. The molecule has 1 aromatic carbocycles. The lowest BCUT2D eigenvalue weighted by Crippen LogP contribution is -2.31. The van der Waals surface area contributed by atoms with Gasteiger partial charge in [0.05, 0.1) is 18.9 Å². The van der Waals surface area contributed by atoms with Crippen molar-refractivity contribution >= 4 is 17.7 Å². The summed E-state index contributed by atoms with van der Waals surface area (Å²) in [6.45, 7) is 2.94. The van der Waals surface area contributed by atoms with E-state index in [9.17, 15) is 0 Å². The minimum Gasteiger partial charge on any atom is -0.495 e. The van der Waals surface area contributed by atoms with E-state index in [0.717, 1.165) is 54.4 Å². The number of thioether (sulfide) groups is 1. The van der Waals surface area contributed by atoms with Crippen molar-refractivity contribution in [2.75, 3.05) is 37.5 Å². The molecule has 2 saturated heterocycles. The molecule has 4 rings (SSSR count). The fraction of sp³-hybridized carbons (Fsp3) is 0.600. The van der Waals surface area contributed by atoms with Gasteiger partial charge in [-0.3, -0.25) is 4.57 Å². The number of rotatable bonds is 6. The van der Waals surface area contributed by atoms with Gasteiger partial charge in [0.1, 0.15) is 5.75 Å². The van der Waals surface area contributed by atoms with Crippen LogP contribution in [0.3, 0.4) is 0 Å². The quantitative estimate of drug-likeness (QED) is 0.699. The van der Waals surface area contributed by atoms with Crippen LogP contribution in [-0.2, 0) is 4.74 Å². The molecule has 1 aromatic heterocycles. The molecule has 0 amide bonds. The Morgan fingerprint density at radius 2 is 1.96 bits per heavy atom. The summed E-state index contributed by atoms with van der Waals surface area (Å²) in [5.41, 5.74) is 0.998. The van der Waals surface area contributed by atoms with Crippen LogP contribution in [0.2, 0.25) is 0 Å². The van der Waals surface area contributed by atoms with E-state index in [1.54, 1.807) is 18.9 Å². The van der Waals surface area contributed by atoms with Crippen molar-refractivity contribution in [3.63, 3.8) is 0 Å². The number of hydrogen-bond acceptors (Lipinski definition) is 6. The van der Waals surface area contributed by atoms with Crippen molar-refractivity contribution < 1.29 is 9.47 Å². The first-order chi connectivity index (χ1) is 13.4. The molecule has 3 heterocycles. The van der Waals surface area contributed by atoms with Crippen LogP contribution in [0.4, 0.5) is 5.95 Å². The van der Waals surface area contributed by atoms with E-state index in [1.807, 2.05) is 18.2 Å². The second-order valence-corrected chi connectivity index (χ2v) is 8.12. The van der Waals surface area contributed by atoms with Gasteiger partial charge in [0.15, 0.2) is 5.16 Å². The number of para-hydroxylation sites is 2. The smallest absolute Gasteiger partial charge is 0.232 e. The summed E-state index contributed by atoms with van der Waals surface area (Å²) < 4.78 is 13.7. The minimum atomic E-state index is 0.310. The molecule has 0 spiro atoms. The first-order valence-electron chi connectivity index (χ1n) is 9.95. The lowest BCUT2D eigenvalue weighted by molar-refractivity contribution is 0.0315. The molecule has 2 aliphatic heterocycles. The van der Waals surface area contributed by atoms with Crippen LogP contribution in [0.5, 0.6) is 5.75 Å². The molecular weight excluding hydrogens is 360 g/mol. The number of ether oxygens (including phenoxy) is 2. The molecule has 7 heteroatoms. The lowest BCUT2D eigenvalue weighted by atomic mass is 10.1. The SMILES string of the molecule is COc1ccccc1-n1c(SC[C@@H]2CCCCO2)nnc1N1CCCCC1. The standard InChI is InChI=1S/C20H28N4O2S/c1-25-18-11-4-3-10-17(18)24-19(23-12-6-2-7-13-23)21-22-20(24)27-15-16-9-5-8-14-26-16/h3-4,10-11,16H,2,5-9,12-15H2,1H3/t16-/m0/s1. The third-order valence-corrected chi connectivity index (χ3v) is 6.31. The van der Waals surface area contributed by atoms with Crippen LogP contribution in [0.15, 0.2) is 29.4 Å². The topological polar surface area (TPSA) is 52.4 Å². The Hall–Kier alpha value is -1.73. The summed E-state index contributed by atoms with van der Waals surface area (Å²) in [7, 11) is 1.71. The van der Waals surface area contributed by atoms with Crippen LogP contribution >= 0.6 is 11.8 Å². The monoisotopic (exact) mass is 388 g/mol. The van der Waals surface area contributed by atoms with E-state index < -0.39 is 0 Å². The summed E-state index contributed by atoms with van der Waals surface area (Å²) >= 11 is 1.73. The van der Waals surface area contributed by atoms with Crippen molar-refractivity contribution in [2.45, 2.75) is 49.8 Å². The first kappa shape index (κ1) is 18.6. The molecule has 27 heavy (non-hydrogen) atoms. The second-order valence-electron chi connectivity index (χ2n) is 7.14. The number of benzene rings is 1. The van der Waals surface area contributed by atoms with Crippen LogP contribution in [-0.4, -0.2) is 53.4 Å². The predicted octanol–water partition coefficient (Wildman–Crippen LogP) is 3.93. The lowest BCUT2D eigenvalue weighted by Gasteiger charge is -2.28. The van der Waals surface area contributed by atoms with Crippen molar-refractivity contribution in [2.24, 2.45) is 0 Å². The Labute approximate surface area is 165 Å². The highest BCUT2D eigenvalue weighted by molar-refractivity contribution is 7.99. The number of piperidine rings is 1. The van der Waals surface area contributed by atoms with Gasteiger partial charge < -0.3 is 14.4 Å². The third-order valence-electron chi connectivity index (χ3n) is 5.25. The van der Waals surface area contributed by atoms with Gasteiger partial charge in [-0.1, -0.05) is 23.9 Å². The highest BCUT2D eigenvalue weighted by Gasteiger charge is 2.24. The first-order valence-corrected chi connectivity index (χ1v) is 10.9. The average Bonchev–Trinajstić information content (AvgIpc) is 3.17. The van der Waals surface area contributed by atoms with Gasteiger partial charge >= 0.3 is 0 Å². The Kier molecular flexibility index (Phi) is 6.19. The molecule has 0 saturated carbocycles. The van der Waals surface area contributed by atoms with Gasteiger partial charge in [-0.25, -0.2) is 0 Å². The Balaban J connectivity index is 1.64. The summed E-state index contributed by atoms with van der Waals surface area (Å²) in [5.74, 6) is 2.67. The van der Waals surface area contributed by atoms with Crippen molar-refractivity contribution in [1.82, 2.24) is 14.8 Å². The zero-order chi connectivity index (χ0) is 18.5. The second kappa shape index (κ2) is 8.97. The number of nitrogens with zero attached hydrogens (tertiary/aromatic N) is 4. The number of anilines is 1. The molecule has 6 nitrogen and oxygen atoms in total. The maximum absolute atomic E-state index is 5.90. The van der Waals surface area contributed by atoms with Crippen molar-refractivity contribution in [1.29, 1.82) is 0 Å². The molecule has 0 aliphatic carbocycles. The number of aromatic nitrogens is 3. The molecule has 0 N–H and O–H groups in total. The van der Waals surface area contributed by atoms with Crippen LogP contribution in [0.1, 0.15) is 38.5 Å². The van der Waals surface area contributed by atoms with Crippen LogP contribution in [0.25, 0.3) is 5.69 Å². The molecule has 2 fully saturated rings. The van der Waals surface area contributed by atoms with Gasteiger partial charge in [0.25, 0.3) is 0 Å². The fourth-order valence-corrected chi connectivity index (χ4v) is 4.79. The third kappa shape index (κ3) is 4.24. The predicted molar refractivity (Wildman–Crippen MR) is 108 cm³/mol. The molecule has 2 aromatic rings. The summed E-state index contributed by atoms with van der Waals surface area (Å²) in [6.07, 6.45) is 7.58. The largest absolute Gasteiger partial charge is 0.495 e. The van der Waals surface area contributed by atoms with E-state index in [2.05, 4.69) is 25.7 Å². The van der Waals surface area contributed by atoms with E-state index >= 15 is 0 Å². The summed E-state index contributed by atoms with van der Waals surface area (Å²) in [4.78, 5) is 2.35. The zero-order valence-corrected chi connectivity index (χ0v) is 16.8. The summed E-state index contributed by atoms with van der Waals surface area (Å²) in [5, 5.41) is 10.0. The van der Waals surface area contributed by atoms with Crippen molar-refractivity contribution in [3.8, 4) is 11.4 Å².